The quantitative estimate of drug-likeness (QED) is 0.557. The lowest BCUT2D eigenvalue weighted by atomic mass is 10.0. The summed E-state index contributed by atoms with van der Waals surface area (Å²) in [6, 6.07) is 18.7. The van der Waals surface area contributed by atoms with Crippen LogP contribution in [0.4, 0.5) is 0 Å². The molecule has 7 heteroatoms. The Kier molecular flexibility index (Phi) is 4.78. The number of nitrogens with zero attached hydrogens (tertiary/aromatic N) is 3. The number of nitrogens with one attached hydrogen (secondary N) is 1. The highest BCUT2D eigenvalue weighted by Crippen LogP contribution is 2.30. The zero-order valence-electron chi connectivity index (χ0n) is 17.2. The van der Waals surface area contributed by atoms with E-state index in [1.54, 1.807) is 18.1 Å². The molecule has 31 heavy (non-hydrogen) atoms. The first kappa shape index (κ1) is 19.1. The molecule has 156 valence electrons. The number of amides is 1. The SMILES string of the molecule is COc1ccc2[nH]c3c(c2c1)CN(C(=O)Cn1nc(-c2ccccc2)ccc1=O)CC3. The van der Waals surface area contributed by atoms with Crippen molar-refractivity contribution in [1.29, 1.82) is 0 Å². The Balaban J connectivity index is 1.39. The van der Waals surface area contributed by atoms with Gasteiger partial charge in [0.1, 0.15) is 12.3 Å². The number of aromatic amines is 1. The molecular formula is C24H22N4O3. The van der Waals surface area contributed by atoms with E-state index in [1.165, 1.54) is 10.7 Å². The highest BCUT2D eigenvalue weighted by molar-refractivity contribution is 5.87. The highest BCUT2D eigenvalue weighted by atomic mass is 16.5. The van der Waals surface area contributed by atoms with E-state index in [0.29, 0.717) is 18.8 Å². The minimum Gasteiger partial charge on any atom is -0.497 e. The van der Waals surface area contributed by atoms with Crippen molar-refractivity contribution in [3.63, 3.8) is 0 Å². The number of benzene rings is 2. The van der Waals surface area contributed by atoms with Crippen LogP contribution in [0.25, 0.3) is 22.2 Å². The van der Waals surface area contributed by atoms with Crippen LogP contribution in [0.2, 0.25) is 0 Å². The van der Waals surface area contributed by atoms with E-state index in [1.807, 2.05) is 48.5 Å². The van der Waals surface area contributed by atoms with Crippen LogP contribution in [0, 0.1) is 0 Å². The summed E-state index contributed by atoms with van der Waals surface area (Å²) >= 11 is 0. The smallest absolute Gasteiger partial charge is 0.267 e. The predicted octanol–water partition coefficient (Wildman–Crippen LogP) is 2.99. The monoisotopic (exact) mass is 414 g/mol. The van der Waals surface area contributed by atoms with Crippen molar-refractivity contribution in [3.05, 3.63) is 82.3 Å². The molecule has 0 aliphatic carbocycles. The van der Waals surface area contributed by atoms with Crippen LogP contribution in [0.15, 0.2) is 65.5 Å². The van der Waals surface area contributed by atoms with E-state index >= 15 is 0 Å². The van der Waals surface area contributed by atoms with Crippen LogP contribution in [-0.2, 0) is 24.3 Å². The van der Waals surface area contributed by atoms with Crippen molar-refractivity contribution in [2.45, 2.75) is 19.5 Å². The molecule has 0 fully saturated rings. The second-order valence-electron chi connectivity index (χ2n) is 7.64. The van der Waals surface area contributed by atoms with Gasteiger partial charge >= 0.3 is 0 Å². The summed E-state index contributed by atoms with van der Waals surface area (Å²) in [5.74, 6) is 0.661. The van der Waals surface area contributed by atoms with Gasteiger partial charge in [-0.3, -0.25) is 9.59 Å². The average Bonchev–Trinajstić information content (AvgIpc) is 3.18. The van der Waals surface area contributed by atoms with Gasteiger partial charge in [-0.1, -0.05) is 30.3 Å². The lowest BCUT2D eigenvalue weighted by molar-refractivity contribution is -0.133. The van der Waals surface area contributed by atoms with E-state index in [9.17, 15) is 9.59 Å². The van der Waals surface area contributed by atoms with Crippen LogP contribution >= 0.6 is 0 Å². The Hall–Kier alpha value is -3.87. The van der Waals surface area contributed by atoms with Crippen molar-refractivity contribution in [3.8, 4) is 17.0 Å². The minimum atomic E-state index is -0.289. The standard InChI is InChI=1S/C24H22N4O3/c1-31-17-7-8-21-18(13-17)19-14-27(12-11-22(19)25-21)24(30)15-28-23(29)10-9-20(26-28)16-5-3-2-4-6-16/h2-10,13,25H,11-12,14-15H2,1H3. The topological polar surface area (TPSA) is 80.2 Å². The van der Waals surface area contributed by atoms with E-state index < -0.39 is 0 Å². The molecule has 0 radical (unpaired) electrons. The van der Waals surface area contributed by atoms with Gasteiger partial charge in [0.05, 0.1) is 12.8 Å². The maximum atomic E-state index is 13.0. The van der Waals surface area contributed by atoms with E-state index in [4.69, 9.17) is 4.74 Å². The number of H-pyrrole nitrogens is 1. The fraction of sp³-hybridized carbons (Fsp3) is 0.208. The summed E-state index contributed by atoms with van der Waals surface area (Å²) in [7, 11) is 1.64. The lowest BCUT2D eigenvalue weighted by Crippen LogP contribution is -2.40. The fourth-order valence-electron chi connectivity index (χ4n) is 4.09. The Labute approximate surface area is 178 Å². The molecule has 0 spiro atoms. The van der Waals surface area contributed by atoms with Gasteiger partial charge in [0.25, 0.3) is 5.56 Å². The number of hydrogen-bond donors (Lipinski definition) is 1. The number of hydrogen-bond acceptors (Lipinski definition) is 4. The molecule has 0 bridgehead atoms. The second-order valence-corrected chi connectivity index (χ2v) is 7.64. The summed E-state index contributed by atoms with van der Waals surface area (Å²) in [6.07, 6.45) is 0.741. The molecule has 2 aromatic carbocycles. The number of aromatic nitrogens is 3. The number of ether oxygens (including phenoxy) is 1. The van der Waals surface area contributed by atoms with Crippen LogP contribution in [0.1, 0.15) is 11.3 Å². The van der Waals surface area contributed by atoms with E-state index in [-0.39, 0.29) is 18.0 Å². The van der Waals surface area contributed by atoms with E-state index in [2.05, 4.69) is 10.1 Å². The van der Waals surface area contributed by atoms with Crippen molar-refractivity contribution >= 4 is 16.8 Å². The summed E-state index contributed by atoms with van der Waals surface area (Å²) in [5.41, 5.74) is 4.56. The highest BCUT2D eigenvalue weighted by Gasteiger charge is 2.25. The van der Waals surface area contributed by atoms with Crippen LogP contribution in [0.3, 0.4) is 0 Å². The molecule has 1 amide bonds. The van der Waals surface area contributed by atoms with Gasteiger partial charge in [0, 0.05) is 53.3 Å². The third-order valence-corrected chi connectivity index (χ3v) is 5.76. The third kappa shape index (κ3) is 3.59. The molecule has 5 rings (SSSR count). The largest absolute Gasteiger partial charge is 0.497 e. The molecule has 1 aliphatic heterocycles. The van der Waals surface area contributed by atoms with Crippen LogP contribution in [-0.4, -0.2) is 39.2 Å². The maximum absolute atomic E-state index is 13.0. The summed E-state index contributed by atoms with van der Waals surface area (Å²) in [4.78, 5) is 30.6. The van der Waals surface area contributed by atoms with Crippen molar-refractivity contribution in [1.82, 2.24) is 19.7 Å². The lowest BCUT2D eigenvalue weighted by Gasteiger charge is -2.27. The first-order chi connectivity index (χ1) is 15.1. The Bertz CT molecular complexity index is 1320. The van der Waals surface area contributed by atoms with Gasteiger partial charge in [-0.25, -0.2) is 4.68 Å². The van der Waals surface area contributed by atoms with Gasteiger partial charge < -0.3 is 14.6 Å². The molecule has 7 nitrogen and oxygen atoms in total. The number of carbonyl (C=O) groups is 1. The maximum Gasteiger partial charge on any atom is 0.267 e. The molecule has 4 aromatic rings. The Morgan fingerprint density at radius 2 is 1.97 bits per heavy atom. The molecule has 0 unspecified atom stereocenters. The Morgan fingerprint density at radius 1 is 1.13 bits per heavy atom. The third-order valence-electron chi connectivity index (χ3n) is 5.76. The molecule has 2 aromatic heterocycles. The first-order valence-corrected chi connectivity index (χ1v) is 10.2. The Morgan fingerprint density at radius 3 is 2.77 bits per heavy atom. The number of methoxy groups -OCH3 is 1. The number of fused-ring (bicyclic) bond motifs is 3. The fourth-order valence-corrected chi connectivity index (χ4v) is 4.09. The average molecular weight is 414 g/mol. The summed E-state index contributed by atoms with van der Waals surface area (Å²) in [5, 5.41) is 5.48. The molecule has 0 atom stereocenters. The predicted molar refractivity (Wildman–Crippen MR) is 118 cm³/mol. The normalized spacial score (nSPS) is 13.3. The molecule has 0 saturated carbocycles. The van der Waals surface area contributed by atoms with Crippen molar-refractivity contribution in [2.24, 2.45) is 0 Å². The zero-order valence-corrected chi connectivity index (χ0v) is 17.2. The van der Waals surface area contributed by atoms with Crippen molar-refractivity contribution in [2.75, 3.05) is 13.7 Å². The van der Waals surface area contributed by atoms with E-state index in [0.717, 1.165) is 39.9 Å². The van der Waals surface area contributed by atoms with Gasteiger partial charge in [-0.15, -0.1) is 0 Å². The number of rotatable bonds is 4. The van der Waals surface area contributed by atoms with Gasteiger partial charge in [0.15, 0.2) is 0 Å². The van der Waals surface area contributed by atoms with Crippen LogP contribution < -0.4 is 10.3 Å². The van der Waals surface area contributed by atoms with Gasteiger partial charge in [0.2, 0.25) is 5.91 Å². The molecule has 0 saturated heterocycles. The molecule has 3 heterocycles. The van der Waals surface area contributed by atoms with Crippen molar-refractivity contribution < 1.29 is 9.53 Å². The second kappa shape index (κ2) is 7.75. The summed E-state index contributed by atoms with van der Waals surface area (Å²) < 4.78 is 6.60. The number of carbonyl (C=O) groups excluding carboxylic acids is 1. The first-order valence-electron chi connectivity index (χ1n) is 10.2. The molecule has 1 N–H and O–H groups in total. The minimum absolute atomic E-state index is 0.0828. The molecular weight excluding hydrogens is 392 g/mol. The van der Waals surface area contributed by atoms with Gasteiger partial charge in [-0.05, 0) is 24.3 Å². The van der Waals surface area contributed by atoms with Crippen LogP contribution in [0.5, 0.6) is 5.75 Å². The molecule has 1 aliphatic rings. The summed E-state index contributed by atoms with van der Waals surface area (Å²) in [6.45, 7) is 1.01. The zero-order chi connectivity index (χ0) is 21.4. The van der Waals surface area contributed by atoms with Gasteiger partial charge in [-0.2, -0.15) is 5.10 Å².